The van der Waals surface area contributed by atoms with E-state index in [-0.39, 0.29) is 5.75 Å². The number of pyridine rings is 1. The molecule has 0 fully saturated rings. The van der Waals surface area contributed by atoms with Crippen molar-refractivity contribution in [2.45, 2.75) is 27.2 Å². The second-order valence-corrected chi connectivity index (χ2v) is 5.40. The van der Waals surface area contributed by atoms with Crippen LogP contribution in [0.25, 0.3) is 21.9 Å². The van der Waals surface area contributed by atoms with Gasteiger partial charge >= 0.3 is 0 Å². The molecule has 2 N–H and O–H groups in total. The molecule has 4 heteroatoms. The van der Waals surface area contributed by atoms with Crippen LogP contribution in [0.2, 0.25) is 0 Å². The average molecular weight is 255 g/mol. The van der Waals surface area contributed by atoms with E-state index in [1.165, 1.54) is 0 Å². The van der Waals surface area contributed by atoms with E-state index in [0.717, 1.165) is 39.9 Å². The van der Waals surface area contributed by atoms with Crippen molar-refractivity contribution in [1.29, 1.82) is 0 Å². The highest BCUT2D eigenvalue weighted by Crippen LogP contribution is 2.28. The number of fused-ring (bicyclic) bond motifs is 3. The Labute approximate surface area is 111 Å². The number of rotatable bonds is 2. The molecule has 4 nitrogen and oxygen atoms in total. The summed E-state index contributed by atoms with van der Waals surface area (Å²) < 4.78 is 0. The van der Waals surface area contributed by atoms with Crippen LogP contribution in [0.3, 0.4) is 0 Å². The van der Waals surface area contributed by atoms with Crippen LogP contribution in [-0.4, -0.2) is 20.1 Å². The van der Waals surface area contributed by atoms with Gasteiger partial charge in [-0.05, 0) is 31.4 Å². The molecule has 0 saturated heterocycles. The van der Waals surface area contributed by atoms with Crippen molar-refractivity contribution >= 4 is 21.9 Å². The van der Waals surface area contributed by atoms with Crippen molar-refractivity contribution in [3.05, 3.63) is 29.7 Å². The lowest BCUT2D eigenvalue weighted by Gasteiger charge is -2.08. The highest BCUT2D eigenvalue weighted by atomic mass is 16.3. The zero-order valence-electron chi connectivity index (χ0n) is 11.4. The van der Waals surface area contributed by atoms with Gasteiger partial charge in [0, 0.05) is 11.5 Å². The second-order valence-electron chi connectivity index (χ2n) is 5.40. The number of aromatic amines is 1. The van der Waals surface area contributed by atoms with E-state index in [4.69, 9.17) is 0 Å². The Morgan fingerprint density at radius 1 is 1.26 bits per heavy atom. The zero-order valence-corrected chi connectivity index (χ0v) is 11.4. The Kier molecular flexibility index (Phi) is 2.66. The van der Waals surface area contributed by atoms with E-state index in [9.17, 15) is 5.11 Å². The number of H-pyrrole nitrogens is 1. The standard InChI is InChI=1S/C15H17N3O/c1-8(2)6-13-15-14(16-9(3)17-15)11-5-4-10(19)7-12(11)18-13/h4-5,7-8,19H,6H2,1-3H3,(H,16,17). The van der Waals surface area contributed by atoms with E-state index >= 15 is 0 Å². The lowest BCUT2D eigenvalue weighted by atomic mass is 10.0. The Bertz CT molecular complexity index is 759. The molecule has 98 valence electrons. The molecule has 3 rings (SSSR count). The maximum absolute atomic E-state index is 9.61. The predicted octanol–water partition coefficient (Wildman–Crippen LogP) is 3.32. The number of phenols is 1. The number of phenolic OH excluding ortho intramolecular Hbond substituents is 1. The molecule has 0 saturated carbocycles. The minimum Gasteiger partial charge on any atom is -0.508 e. The molecule has 2 heterocycles. The van der Waals surface area contributed by atoms with Gasteiger partial charge < -0.3 is 10.1 Å². The summed E-state index contributed by atoms with van der Waals surface area (Å²) in [6.07, 6.45) is 0.893. The Hall–Kier alpha value is -2.10. The fourth-order valence-corrected chi connectivity index (χ4v) is 2.44. The van der Waals surface area contributed by atoms with Gasteiger partial charge in [-0.2, -0.15) is 0 Å². The number of aromatic nitrogens is 3. The monoisotopic (exact) mass is 255 g/mol. The summed E-state index contributed by atoms with van der Waals surface area (Å²) in [5.41, 5.74) is 3.78. The third-order valence-electron chi connectivity index (χ3n) is 3.20. The Balaban J connectivity index is 2.38. The van der Waals surface area contributed by atoms with Crippen LogP contribution in [-0.2, 0) is 6.42 Å². The van der Waals surface area contributed by atoms with Crippen molar-refractivity contribution in [2.24, 2.45) is 5.92 Å². The Morgan fingerprint density at radius 3 is 2.79 bits per heavy atom. The van der Waals surface area contributed by atoms with E-state index < -0.39 is 0 Å². The SMILES string of the molecule is Cc1nc2c([nH]1)c(CC(C)C)nc1cc(O)ccc12. The van der Waals surface area contributed by atoms with Crippen molar-refractivity contribution < 1.29 is 5.11 Å². The lowest BCUT2D eigenvalue weighted by Crippen LogP contribution is -1.99. The van der Waals surface area contributed by atoms with E-state index in [1.54, 1.807) is 12.1 Å². The first-order valence-electron chi connectivity index (χ1n) is 6.52. The fourth-order valence-electron chi connectivity index (χ4n) is 2.44. The molecule has 0 unspecified atom stereocenters. The quantitative estimate of drug-likeness (QED) is 0.738. The van der Waals surface area contributed by atoms with Crippen LogP contribution in [0.4, 0.5) is 0 Å². The molecule has 0 aliphatic heterocycles. The average Bonchev–Trinajstić information content (AvgIpc) is 2.70. The molecule has 0 radical (unpaired) electrons. The summed E-state index contributed by atoms with van der Waals surface area (Å²) in [5, 5.41) is 10.6. The van der Waals surface area contributed by atoms with Crippen LogP contribution in [0.1, 0.15) is 25.4 Å². The minimum absolute atomic E-state index is 0.238. The first kappa shape index (κ1) is 12.0. The Morgan fingerprint density at radius 2 is 2.05 bits per heavy atom. The normalized spacial score (nSPS) is 11.8. The van der Waals surface area contributed by atoms with Crippen molar-refractivity contribution in [2.75, 3.05) is 0 Å². The topological polar surface area (TPSA) is 61.8 Å². The van der Waals surface area contributed by atoms with Gasteiger partial charge in [-0.1, -0.05) is 13.8 Å². The van der Waals surface area contributed by atoms with Gasteiger partial charge in [-0.15, -0.1) is 0 Å². The van der Waals surface area contributed by atoms with Gasteiger partial charge in [0.1, 0.15) is 11.6 Å². The number of aromatic hydroxyl groups is 1. The van der Waals surface area contributed by atoms with Gasteiger partial charge in [-0.3, -0.25) is 4.98 Å². The van der Waals surface area contributed by atoms with Crippen LogP contribution in [0.15, 0.2) is 18.2 Å². The lowest BCUT2D eigenvalue weighted by molar-refractivity contribution is 0.476. The number of nitrogens with one attached hydrogen (secondary N) is 1. The van der Waals surface area contributed by atoms with Crippen LogP contribution in [0.5, 0.6) is 5.75 Å². The van der Waals surface area contributed by atoms with Gasteiger partial charge in [-0.25, -0.2) is 4.98 Å². The summed E-state index contributed by atoms with van der Waals surface area (Å²) in [5.74, 6) is 1.65. The van der Waals surface area contributed by atoms with Gasteiger partial charge in [0.2, 0.25) is 0 Å². The van der Waals surface area contributed by atoms with Crippen LogP contribution < -0.4 is 0 Å². The van der Waals surface area contributed by atoms with Gasteiger partial charge in [0.05, 0.1) is 22.2 Å². The summed E-state index contributed by atoms with van der Waals surface area (Å²) in [7, 11) is 0. The third-order valence-corrected chi connectivity index (χ3v) is 3.20. The summed E-state index contributed by atoms with van der Waals surface area (Å²) in [6, 6.07) is 5.25. The molecular weight excluding hydrogens is 238 g/mol. The summed E-state index contributed by atoms with van der Waals surface area (Å²) >= 11 is 0. The molecule has 0 spiro atoms. The van der Waals surface area contributed by atoms with Crippen LogP contribution >= 0.6 is 0 Å². The van der Waals surface area contributed by atoms with Crippen molar-refractivity contribution in [1.82, 2.24) is 15.0 Å². The molecule has 0 bridgehead atoms. The first-order valence-corrected chi connectivity index (χ1v) is 6.52. The third kappa shape index (κ3) is 2.03. The molecule has 0 amide bonds. The molecule has 19 heavy (non-hydrogen) atoms. The number of hydrogen-bond acceptors (Lipinski definition) is 3. The maximum atomic E-state index is 9.61. The first-order chi connectivity index (χ1) is 9.04. The number of hydrogen-bond donors (Lipinski definition) is 2. The number of benzene rings is 1. The molecule has 0 atom stereocenters. The summed E-state index contributed by atoms with van der Waals surface area (Å²) in [6.45, 7) is 6.29. The predicted molar refractivity (Wildman–Crippen MR) is 76.3 cm³/mol. The number of imidazole rings is 1. The van der Waals surface area contributed by atoms with E-state index in [0.29, 0.717) is 5.92 Å². The minimum atomic E-state index is 0.238. The molecule has 2 aromatic heterocycles. The highest BCUT2D eigenvalue weighted by Gasteiger charge is 2.13. The smallest absolute Gasteiger partial charge is 0.117 e. The molecule has 0 aliphatic rings. The number of aryl methyl sites for hydroxylation is 1. The molecule has 3 aromatic rings. The van der Waals surface area contributed by atoms with Crippen molar-refractivity contribution in [3.63, 3.8) is 0 Å². The molecule has 1 aromatic carbocycles. The van der Waals surface area contributed by atoms with E-state index in [2.05, 4.69) is 28.8 Å². The van der Waals surface area contributed by atoms with E-state index in [1.807, 2.05) is 13.0 Å². The zero-order chi connectivity index (χ0) is 13.6. The molecular formula is C15H17N3O. The summed E-state index contributed by atoms with van der Waals surface area (Å²) in [4.78, 5) is 12.6. The van der Waals surface area contributed by atoms with Crippen molar-refractivity contribution in [3.8, 4) is 5.75 Å². The maximum Gasteiger partial charge on any atom is 0.117 e. The fraction of sp³-hybridized carbons (Fsp3) is 0.333. The van der Waals surface area contributed by atoms with Gasteiger partial charge in [0.15, 0.2) is 0 Å². The van der Waals surface area contributed by atoms with Crippen LogP contribution in [0, 0.1) is 12.8 Å². The second kappa shape index (κ2) is 4.23. The van der Waals surface area contributed by atoms with Gasteiger partial charge in [0.25, 0.3) is 0 Å². The largest absolute Gasteiger partial charge is 0.508 e. The molecule has 0 aliphatic carbocycles. The highest BCUT2D eigenvalue weighted by molar-refractivity contribution is 6.03. The number of nitrogens with zero attached hydrogens (tertiary/aromatic N) is 2.